The van der Waals surface area contributed by atoms with Crippen LogP contribution in [0.4, 0.5) is 24.5 Å². The van der Waals surface area contributed by atoms with E-state index >= 15 is 0 Å². The Morgan fingerprint density at radius 2 is 1.75 bits per heavy atom. The van der Waals surface area contributed by atoms with Gasteiger partial charge in [0.05, 0.1) is 42.4 Å². The number of fused-ring (bicyclic) bond motifs is 1. The monoisotopic (exact) mass is 631 g/mol. The fraction of sp³-hybridized carbons (Fsp3) is 0.452. The molecule has 13 heteroatoms. The fourth-order valence-electron chi connectivity index (χ4n) is 5.52. The Hall–Kier alpha value is -3.73. The highest BCUT2D eigenvalue weighted by molar-refractivity contribution is 7.90. The minimum atomic E-state index is -4.43. The molecule has 0 bridgehead atoms. The molecule has 236 valence electrons. The number of carbonyl (C=O) groups is 1. The second kappa shape index (κ2) is 13.5. The maximum atomic E-state index is 13.6. The average Bonchev–Trinajstić information content (AvgIpc) is 3.33. The van der Waals surface area contributed by atoms with E-state index in [9.17, 15) is 26.4 Å². The molecule has 44 heavy (non-hydrogen) atoms. The molecule has 2 saturated heterocycles. The number of aromatic nitrogens is 1. The number of anilines is 2. The summed E-state index contributed by atoms with van der Waals surface area (Å²) < 4.78 is 70.6. The van der Waals surface area contributed by atoms with E-state index in [0.29, 0.717) is 49.4 Å². The molecule has 0 unspecified atom stereocenters. The Balaban J connectivity index is 1.25. The van der Waals surface area contributed by atoms with Crippen LogP contribution in [0.25, 0.3) is 10.9 Å². The number of likely N-dealkylation sites (tertiary alicyclic amines) is 1. The fourth-order valence-corrected chi connectivity index (χ4v) is 6.15. The number of nitrogens with zero attached hydrogens (tertiary/aromatic N) is 3. The number of hydrogen-bond donors (Lipinski definition) is 2. The largest absolute Gasteiger partial charge is 0.406 e. The number of ether oxygens (including phenoxy) is 1. The van der Waals surface area contributed by atoms with Crippen LogP contribution < -0.4 is 10.6 Å². The number of hydrogen-bond acceptors (Lipinski definition) is 7. The molecule has 0 radical (unpaired) electrons. The molecule has 2 fully saturated rings. The van der Waals surface area contributed by atoms with Crippen LogP contribution in [0.2, 0.25) is 0 Å². The number of halogens is 3. The highest BCUT2D eigenvalue weighted by Crippen LogP contribution is 2.31. The number of morpholine rings is 1. The zero-order valence-corrected chi connectivity index (χ0v) is 25.3. The average molecular weight is 632 g/mol. The highest BCUT2D eigenvalue weighted by atomic mass is 32.2. The van der Waals surface area contributed by atoms with Gasteiger partial charge >= 0.3 is 6.18 Å². The quantitative estimate of drug-likeness (QED) is 0.366. The van der Waals surface area contributed by atoms with E-state index in [1.807, 2.05) is 11.0 Å². The van der Waals surface area contributed by atoms with E-state index in [1.165, 1.54) is 16.7 Å². The first kappa shape index (κ1) is 31.7. The van der Waals surface area contributed by atoms with Crippen LogP contribution in [0.5, 0.6) is 0 Å². The summed E-state index contributed by atoms with van der Waals surface area (Å²) in [5.74, 6) is 5.90. The third kappa shape index (κ3) is 8.25. The summed E-state index contributed by atoms with van der Waals surface area (Å²) in [6, 6.07) is 13.3. The standard InChI is InChI=1S/C31H36F3N5O4S/c1-44(41,42)26-9-7-23(8-10-26)35-13-3-4-25-20-27-28(5-2-6-29(27)39(25)22-31(32,33)34)36-24-11-14-37(15-12-24)21-30(40)38-16-18-43-19-17-38/h2,5-10,20,24,35-36H,11-19,21-22H2,1H3. The lowest BCUT2D eigenvalue weighted by atomic mass is 10.0. The number of piperidine rings is 1. The van der Waals surface area contributed by atoms with E-state index in [1.54, 1.807) is 30.3 Å². The van der Waals surface area contributed by atoms with Gasteiger partial charge in [-0.25, -0.2) is 8.42 Å². The normalized spacial score (nSPS) is 16.9. The van der Waals surface area contributed by atoms with Crippen molar-refractivity contribution in [3.05, 3.63) is 54.2 Å². The third-order valence-electron chi connectivity index (χ3n) is 7.83. The first-order valence-corrected chi connectivity index (χ1v) is 16.4. The Kier molecular flexibility index (Phi) is 9.72. The maximum Gasteiger partial charge on any atom is 0.406 e. The van der Waals surface area contributed by atoms with Crippen molar-refractivity contribution in [2.24, 2.45) is 0 Å². The zero-order chi connectivity index (χ0) is 31.3. The van der Waals surface area contributed by atoms with Gasteiger partial charge in [-0.05, 0) is 61.2 Å². The Labute approximate surface area is 255 Å². The lowest BCUT2D eigenvalue weighted by Gasteiger charge is -2.34. The van der Waals surface area contributed by atoms with Gasteiger partial charge in [-0.15, -0.1) is 0 Å². The number of alkyl halides is 3. The Morgan fingerprint density at radius 3 is 2.41 bits per heavy atom. The minimum absolute atomic E-state index is 0.115. The van der Waals surface area contributed by atoms with Crippen LogP contribution in [0.1, 0.15) is 18.5 Å². The summed E-state index contributed by atoms with van der Waals surface area (Å²) in [5, 5.41) is 7.24. The van der Waals surface area contributed by atoms with Gasteiger partial charge in [0.15, 0.2) is 9.84 Å². The van der Waals surface area contributed by atoms with Crippen molar-refractivity contribution in [2.75, 3.05) is 69.4 Å². The second-order valence-electron chi connectivity index (χ2n) is 11.1. The predicted octanol–water partition coefficient (Wildman–Crippen LogP) is 3.81. The van der Waals surface area contributed by atoms with Gasteiger partial charge < -0.3 is 24.8 Å². The van der Waals surface area contributed by atoms with Crippen LogP contribution >= 0.6 is 0 Å². The third-order valence-corrected chi connectivity index (χ3v) is 8.96. The number of benzene rings is 2. The molecule has 1 amide bonds. The van der Waals surface area contributed by atoms with Gasteiger partial charge in [0.1, 0.15) is 6.54 Å². The van der Waals surface area contributed by atoms with Crippen LogP contribution in [0, 0.1) is 11.8 Å². The molecule has 1 aromatic heterocycles. The van der Waals surface area contributed by atoms with Crippen LogP contribution in [0.3, 0.4) is 0 Å². The van der Waals surface area contributed by atoms with Crippen molar-refractivity contribution in [2.45, 2.75) is 36.5 Å². The van der Waals surface area contributed by atoms with Gasteiger partial charge in [-0.2, -0.15) is 13.2 Å². The van der Waals surface area contributed by atoms with Gasteiger partial charge in [0.25, 0.3) is 0 Å². The summed E-state index contributed by atoms with van der Waals surface area (Å²) >= 11 is 0. The zero-order valence-electron chi connectivity index (χ0n) is 24.5. The Morgan fingerprint density at radius 1 is 1.05 bits per heavy atom. The van der Waals surface area contributed by atoms with Crippen LogP contribution in [-0.2, 0) is 25.9 Å². The molecule has 3 heterocycles. The van der Waals surface area contributed by atoms with E-state index in [2.05, 4.69) is 27.4 Å². The van der Waals surface area contributed by atoms with Crippen LogP contribution in [-0.4, -0.2) is 99.6 Å². The lowest BCUT2D eigenvalue weighted by molar-refractivity contribution is -0.140. The molecule has 9 nitrogen and oxygen atoms in total. The van der Waals surface area contributed by atoms with E-state index in [4.69, 9.17) is 4.74 Å². The Bertz CT molecular complexity index is 1630. The summed E-state index contributed by atoms with van der Waals surface area (Å²) in [4.78, 5) is 16.8. The van der Waals surface area contributed by atoms with Gasteiger partial charge in [-0.1, -0.05) is 12.0 Å². The van der Waals surface area contributed by atoms with Crippen molar-refractivity contribution in [3.63, 3.8) is 0 Å². The van der Waals surface area contributed by atoms with Crippen molar-refractivity contribution in [3.8, 4) is 11.8 Å². The molecule has 0 spiro atoms. The summed E-state index contributed by atoms with van der Waals surface area (Å²) in [6.45, 7) is 3.26. The molecule has 0 saturated carbocycles. The topological polar surface area (TPSA) is 95.9 Å². The second-order valence-corrected chi connectivity index (χ2v) is 13.1. The SMILES string of the molecule is CS(=O)(=O)c1ccc(NCC#Cc2cc3c(NC4CCN(CC(=O)N5CCOCC5)CC4)cccc3n2CC(F)(F)F)cc1. The van der Waals surface area contributed by atoms with Gasteiger partial charge in [-0.3, -0.25) is 9.69 Å². The molecule has 2 aromatic carbocycles. The molecule has 3 aromatic rings. The van der Waals surface area contributed by atoms with Crippen LogP contribution in [0.15, 0.2) is 53.4 Å². The van der Waals surface area contributed by atoms with Crippen molar-refractivity contribution < 1.29 is 31.1 Å². The molecule has 2 aliphatic rings. The number of rotatable bonds is 8. The van der Waals surface area contributed by atoms with E-state index < -0.39 is 22.6 Å². The van der Waals surface area contributed by atoms with E-state index in [-0.39, 0.29) is 29.1 Å². The maximum absolute atomic E-state index is 13.6. The predicted molar refractivity (Wildman–Crippen MR) is 163 cm³/mol. The first-order chi connectivity index (χ1) is 21.0. The molecular weight excluding hydrogens is 595 g/mol. The van der Waals surface area contributed by atoms with Crippen molar-refractivity contribution >= 4 is 38.0 Å². The minimum Gasteiger partial charge on any atom is -0.382 e. The van der Waals surface area contributed by atoms with Crippen molar-refractivity contribution in [1.82, 2.24) is 14.4 Å². The summed E-state index contributed by atoms with van der Waals surface area (Å²) in [7, 11) is -3.31. The molecule has 0 atom stereocenters. The summed E-state index contributed by atoms with van der Waals surface area (Å²) in [6.07, 6.45) is -1.70. The van der Waals surface area contributed by atoms with Gasteiger partial charge in [0.2, 0.25) is 5.91 Å². The lowest BCUT2D eigenvalue weighted by Crippen LogP contribution is -2.48. The first-order valence-electron chi connectivity index (χ1n) is 14.5. The number of carbonyl (C=O) groups excluding carboxylic acids is 1. The molecule has 2 N–H and O–H groups in total. The number of sulfone groups is 1. The molecule has 2 aliphatic heterocycles. The van der Waals surface area contributed by atoms with Crippen molar-refractivity contribution in [1.29, 1.82) is 0 Å². The smallest absolute Gasteiger partial charge is 0.382 e. The summed E-state index contributed by atoms with van der Waals surface area (Å²) in [5.41, 5.74) is 2.08. The molecular formula is C31H36F3N5O4S. The molecule has 0 aliphatic carbocycles. The molecule has 5 rings (SSSR count). The highest BCUT2D eigenvalue weighted by Gasteiger charge is 2.30. The van der Waals surface area contributed by atoms with E-state index in [0.717, 1.165) is 37.9 Å². The van der Waals surface area contributed by atoms with Gasteiger partial charge in [0, 0.05) is 55.2 Å². The number of nitrogens with one attached hydrogen (secondary N) is 2. The number of amides is 1.